The summed E-state index contributed by atoms with van der Waals surface area (Å²) in [6.07, 6.45) is 4.66. The first-order chi connectivity index (χ1) is 18.2. The maximum Gasteiger partial charge on any atom is 0.0397 e. The molecule has 7 aromatic rings. The number of fused-ring (bicyclic) bond motifs is 11. The van der Waals surface area contributed by atoms with Gasteiger partial charge in [0.05, 0.1) is 0 Å². The smallest absolute Gasteiger partial charge is 0.0397 e. The lowest BCUT2D eigenvalue weighted by molar-refractivity contribution is 0.702. The normalized spacial score (nSPS) is 12.5. The van der Waals surface area contributed by atoms with E-state index in [1.54, 1.807) is 11.1 Å². The van der Waals surface area contributed by atoms with Crippen molar-refractivity contribution in [2.24, 2.45) is 5.73 Å². The zero-order valence-corrected chi connectivity index (χ0v) is 24.5. The molecule has 0 radical (unpaired) electrons. The van der Waals surface area contributed by atoms with Crippen LogP contribution in [-0.4, -0.2) is 13.1 Å². The van der Waals surface area contributed by atoms with Crippen molar-refractivity contribution in [1.82, 2.24) is 5.32 Å². The summed E-state index contributed by atoms with van der Waals surface area (Å²) in [5.41, 5.74) is 8.94. The molecule has 0 saturated heterocycles. The van der Waals surface area contributed by atoms with Crippen LogP contribution in [0.15, 0.2) is 41.8 Å². The van der Waals surface area contributed by atoms with E-state index in [1.165, 1.54) is 78.2 Å². The van der Waals surface area contributed by atoms with E-state index in [9.17, 15) is 0 Å². The van der Waals surface area contributed by atoms with Gasteiger partial charge in [0.15, 0.2) is 0 Å². The molecule has 37 heavy (non-hydrogen) atoms. The molecule has 4 aromatic heterocycles. The zero-order valence-electron chi connectivity index (χ0n) is 21.2. The minimum Gasteiger partial charge on any atom is -0.329 e. The summed E-state index contributed by atoms with van der Waals surface area (Å²) in [5, 5.41) is 14.6. The topological polar surface area (TPSA) is 38.0 Å². The van der Waals surface area contributed by atoms with Gasteiger partial charge in [0, 0.05) is 85.0 Å². The third kappa shape index (κ3) is 3.68. The maximum atomic E-state index is 5.73. The standard InChI is InChI=1S/C31H30N2S4/c1-3-5-18-19(6-4-2)31-29(28-26-20-11-14-34-22(20)7-9-24(26)36-30(18)28)27-21-15-17(16-33-13-12-32)35-23(21)8-10-25(27)37-31/h7-11,14-15,33H,3-6,12-13,16,32H2,1-2H3. The van der Waals surface area contributed by atoms with Gasteiger partial charge >= 0.3 is 0 Å². The fourth-order valence-electron chi connectivity index (χ4n) is 6.01. The van der Waals surface area contributed by atoms with Gasteiger partial charge in [-0.1, -0.05) is 26.7 Å². The quantitative estimate of drug-likeness (QED) is 0.182. The number of benzene rings is 3. The lowest BCUT2D eigenvalue weighted by Crippen LogP contribution is -2.21. The highest BCUT2D eigenvalue weighted by atomic mass is 32.1. The molecule has 0 aliphatic rings. The Bertz CT molecular complexity index is 1930. The van der Waals surface area contributed by atoms with Crippen LogP contribution in [0.5, 0.6) is 0 Å². The van der Waals surface area contributed by atoms with E-state index in [2.05, 4.69) is 60.9 Å². The van der Waals surface area contributed by atoms with Gasteiger partial charge in [-0.3, -0.25) is 0 Å². The van der Waals surface area contributed by atoms with Crippen LogP contribution < -0.4 is 11.1 Å². The van der Waals surface area contributed by atoms with Crippen LogP contribution in [0.1, 0.15) is 42.7 Å². The molecule has 0 aliphatic carbocycles. The Morgan fingerprint density at radius 1 is 0.703 bits per heavy atom. The van der Waals surface area contributed by atoms with Crippen molar-refractivity contribution < 1.29 is 0 Å². The number of nitrogens with two attached hydrogens (primary N) is 1. The van der Waals surface area contributed by atoms with Crippen LogP contribution in [0.2, 0.25) is 0 Å². The van der Waals surface area contributed by atoms with Gasteiger partial charge in [0.1, 0.15) is 0 Å². The zero-order chi connectivity index (χ0) is 25.1. The van der Waals surface area contributed by atoms with E-state index in [4.69, 9.17) is 5.73 Å². The molecule has 0 fully saturated rings. The van der Waals surface area contributed by atoms with Crippen molar-refractivity contribution in [2.75, 3.05) is 13.1 Å². The van der Waals surface area contributed by atoms with Crippen LogP contribution in [-0.2, 0) is 19.4 Å². The Morgan fingerprint density at radius 2 is 1.32 bits per heavy atom. The van der Waals surface area contributed by atoms with Gasteiger partial charge in [-0.25, -0.2) is 0 Å². The number of aryl methyl sites for hydroxylation is 2. The Balaban J connectivity index is 1.68. The lowest BCUT2D eigenvalue weighted by Gasteiger charge is -2.13. The number of thiophene rings is 4. The average Bonchev–Trinajstić information content (AvgIpc) is 3.67. The predicted molar refractivity (Wildman–Crippen MR) is 172 cm³/mol. The van der Waals surface area contributed by atoms with Crippen molar-refractivity contribution in [3.05, 3.63) is 57.8 Å². The first-order valence-corrected chi connectivity index (χ1v) is 16.6. The molecule has 0 saturated carbocycles. The monoisotopic (exact) mass is 558 g/mol. The lowest BCUT2D eigenvalue weighted by atomic mass is 9.92. The predicted octanol–water partition coefficient (Wildman–Crippen LogP) is 9.81. The van der Waals surface area contributed by atoms with Crippen molar-refractivity contribution in [3.8, 4) is 0 Å². The van der Waals surface area contributed by atoms with Crippen molar-refractivity contribution >= 4 is 106 Å². The molecule has 7 rings (SSSR count). The number of hydrogen-bond donors (Lipinski definition) is 2. The first kappa shape index (κ1) is 24.0. The van der Waals surface area contributed by atoms with E-state index in [1.807, 2.05) is 45.3 Å². The summed E-state index contributed by atoms with van der Waals surface area (Å²) in [6.45, 7) is 7.07. The van der Waals surface area contributed by atoms with Crippen molar-refractivity contribution in [3.63, 3.8) is 0 Å². The van der Waals surface area contributed by atoms with E-state index >= 15 is 0 Å². The van der Waals surface area contributed by atoms with Gasteiger partial charge in [-0.2, -0.15) is 0 Å². The van der Waals surface area contributed by atoms with E-state index in [0.717, 1.165) is 25.9 Å². The third-order valence-electron chi connectivity index (χ3n) is 7.47. The fourth-order valence-corrected chi connectivity index (χ4v) is 10.5. The molecular formula is C31H30N2S4. The molecule has 6 heteroatoms. The molecule has 4 heterocycles. The van der Waals surface area contributed by atoms with Crippen molar-refractivity contribution in [2.45, 2.75) is 46.1 Å². The molecule has 0 unspecified atom stereocenters. The molecule has 0 amide bonds. The maximum absolute atomic E-state index is 5.73. The van der Waals surface area contributed by atoms with Crippen LogP contribution in [0.3, 0.4) is 0 Å². The minimum absolute atomic E-state index is 0.672. The summed E-state index contributed by atoms with van der Waals surface area (Å²) >= 11 is 7.84. The molecule has 2 nitrogen and oxygen atoms in total. The first-order valence-electron chi connectivity index (χ1n) is 13.3. The summed E-state index contributed by atoms with van der Waals surface area (Å²) in [6, 6.07) is 14.2. The van der Waals surface area contributed by atoms with Crippen LogP contribution in [0.4, 0.5) is 0 Å². The number of nitrogens with one attached hydrogen (secondary N) is 1. The second kappa shape index (κ2) is 9.60. The third-order valence-corrected chi connectivity index (χ3v) is 11.9. The molecule has 0 bridgehead atoms. The molecule has 188 valence electrons. The minimum atomic E-state index is 0.672. The van der Waals surface area contributed by atoms with Gasteiger partial charge in [-0.05, 0) is 65.7 Å². The van der Waals surface area contributed by atoms with Gasteiger partial charge < -0.3 is 11.1 Å². The summed E-state index contributed by atoms with van der Waals surface area (Å²) in [4.78, 5) is 1.39. The number of hydrogen-bond acceptors (Lipinski definition) is 6. The molecular weight excluding hydrogens is 529 g/mol. The van der Waals surface area contributed by atoms with Crippen LogP contribution in [0, 0.1) is 0 Å². The van der Waals surface area contributed by atoms with E-state index in [0.29, 0.717) is 6.54 Å². The summed E-state index contributed by atoms with van der Waals surface area (Å²) < 4.78 is 8.69. The molecule has 0 atom stereocenters. The van der Waals surface area contributed by atoms with Crippen LogP contribution in [0.25, 0.3) is 60.5 Å². The number of rotatable bonds is 8. The molecule has 0 aliphatic heterocycles. The van der Waals surface area contributed by atoms with Crippen molar-refractivity contribution in [1.29, 1.82) is 0 Å². The molecule has 0 spiro atoms. The SMILES string of the molecule is CCCc1c(CCC)c2sc3ccc4sc(CNCCN)cc4c3c2c2c1sc1ccc3sccc3c12. The van der Waals surface area contributed by atoms with Gasteiger partial charge in [0.2, 0.25) is 0 Å². The van der Waals surface area contributed by atoms with Gasteiger partial charge in [0.25, 0.3) is 0 Å². The van der Waals surface area contributed by atoms with Crippen LogP contribution >= 0.6 is 45.3 Å². The largest absolute Gasteiger partial charge is 0.329 e. The fraction of sp³-hybridized carbons (Fsp3) is 0.290. The molecule has 3 aromatic carbocycles. The second-order valence-electron chi connectivity index (χ2n) is 9.87. The Hall–Kier alpha value is -2.06. The highest BCUT2D eigenvalue weighted by Crippen LogP contribution is 2.52. The Morgan fingerprint density at radius 3 is 1.97 bits per heavy atom. The Labute approximate surface area is 232 Å². The highest BCUT2D eigenvalue weighted by Gasteiger charge is 2.24. The van der Waals surface area contributed by atoms with E-state index in [-0.39, 0.29) is 0 Å². The second-order valence-corrected chi connectivity index (χ2v) is 14.1. The molecule has 3 N–H and O–H groups in total. The van der Waals surface area contributed by atoms with E-state index < -0.39 is 0 Å². The average molecular weight is 559 g/mol. The summed E-state index contributed by atoms with van der Waals surface area (Å²) in [5.74, 6) is 0. The highest BCUT2D eigenvalue weighted by molar-refractivity contribution is 7.29. The Kier molecular flexibility index (Phi) is 6.23. The van der Waals surface area contributed by atoms with Gasteiger partial charge in [-0.15, -0.1) is 45.3 Å². The summed E-state index contributed by atoms with van der Waals surface area (Å²) in [7, 11) is 0.